The number of carbonyl (C=O) groups excluding carboxylic acids is 2. The Morgan fingerprint density at radius 2 is 1.48 bits per heavy atom. The van der Waals surface area contributed by atoms with Gasteiger partial charge in [-0.15, -0.1) is 0 Å². The van der Waals surface area contributed by atoms with Crippen LogP contribution < -0.4 is 9.62 Å². The lowest BCUT2D eigenvalue weighted by atomic mass is 9.94. The number of hydrogen-bond donors (Lipinski definition) is 1. The van der Waals surface area contributed by atoms with E-state index in [0.29, 0.717) is 12.1 Å². The van der Waals surface area contributed by atoms with Gasteiger partial charge in [0.25, 0.3) is 0 Å². The van der Waals surface area contributed by atoms with E-state index in [1.54, 1.807) is 35.2 Å². The van der Waals surface area contributed by atoms with Gasteiger partial charge in [0.05, 0.1) is 5.69 Å². The number of benzene rings is 3. The molecule has 0 heterocycles. The molecule has 224 valence electrons. The number of rotatable bonds is 12. The van der Waals surface area contributed by atoms with Gasteiger partial charge >= 0.3 is 10.2 Å². The van der Waals surface area contributed by atoms with E-state index in [1.807, 2.05) is 61.5 Å². The minimum absolute atomic E-state index is 0.0652. The Kier molecular flexibility index (Phi) is 10.8. The molecular formula is C33H42N4O4S. The first-order valence-corrected chi connectivity index (χ1v) is 16.0. The summed E-state index contributed by atoms with van der Waals surface area (Å²) < 4.78 is 29.1. The zero-order valence-corrected chi connectivity index (χ0v) is 25.6. The molecule has 3 aromatic carbocycles. The van der Waals surface area contributed by atoms with Crippen LogP contribution in [0.25, 0.3) is 0 Å². The molecule has 3 aromatic rings. The first-order chi connectivity index (χ1) is 20.1. The molecule has 42 heavy (non-hydrogen) atoms. The van der Waals surface area contributed by atoms with E-state index in [1.165, 1.54) is 14.1 Å². The predicted octanol–water partition coefficient (Wildman–Crippen LogP) is 4.70. The first-order valence-electron chi connectivity index (χ1n) is 14.6. The van der Waals surface area contributed by atoms with Crippen LogP contribution in [0.1, 0.15) is 48.8 Å². The lowest BCUT2D eigenvalue weighted by molar-refractivity contribution is -0.140. The second kappa shape index (κ2) is 14.5. The third kappa shape index (κ3) is 8.20. The van der Waals surface area contributed by atoms with Gasteiger partial charge in [0.15, 0.2) is 0 Å². The van der Waals surface area contributed by atoms with Crippen molar-refractivity contribution in [2.75, 3.05) is 24.9 Å². The fourth-order valence-electron chi connectivity index (χ4n) is 5.42. The third-order valence-corrected chi connectivity index (χ3v) is 9.54. The van der Waals surface area contributed by atoms with Gasteiger partial charge in [0.2, 0.25) is 11.8 Å². The fraction of sp³-hybridized carbons (Fsp3) is 0.394. The zero-order chi connectivity index (χ0) is 30.1. The highest BCUT2D eigenvalue weighted by atomic mass is 32.2. The van der Waals surface area contributed by atoms with Crippen molar-refractivity contribution in [3.63, 3.8) is 0 Å². The molecular weight excluding hydrogens is 548 g/mol. The van der Waals surface area contributed by atoms with E-state index in [4.69, 9.17) is 0 Å². The maximum atomic E-state index is 14.3. The number of hydrogen-bond acceptors (Lipinski definition) is 4. The molecule has 9 heteroatoms. The van der Waals surface area contributed by atoms with E-state index in [9.17, 15) is 18.0 Å². The van der Waals surface area contributed by atoms with Gasteiger partial charge in [-0.25, -0.2) is 4.31 Å². The molecule has 1 N–H and O–H groups in total. The molecule has 1 fully saturated rings. The van der Waals surface area contributed by atoms with Crippen LogP contribution in [0.5, 0.6) is 0 Å². The van der Waals surface area contributed by atoms with Crippen molar-refractivity contribution in [1.29, 1.82) is 0 Å². The van der Waals surface area contributed by atoms with Crippen LogP contribution in [0.2, 0.25) is 0 Å². The fourth-order valence-corrected chi connectivity index (χ4v) is 6.47. The molecule has 1 saturated carbocycles. The summed E-state index contributed by atoms with van der Waals surface area (Å²) in [4.78, 5) is 29.9. The Bertz CT molecular complexity index is 1420. The van der Waals surface area contributed by atoms with Gasteiger partial charge in [-0.05, 0) is 43.0 Å². The molecule has 0 spiro atoms. The summed E-state index contributed by atoms with van der Waals surface area (Å²) in [5.74, 6) is -0.668. The molecule has 1 aliphatic carbocycles. The SMILES string of the molecule is Cc1cccc(CN(C(=O)CN(c2ccccc2)S(=O)(=O)N(C)C)[C@@H](Cc2ccccc2)C(=O)NC2CCCCC2)c1. The Balaban J connectivity index is 1.74. The molecule has 4 rings (SSSR count). The number of nitrogens with one attached hydrogen (secondary N) is 1. The summed E-state index contributed by atoms with van der Waals surface area (Å²) in [5, 5.41) is 3.23. The number of para-hydroxylation sites is 1. The van der Waals surface area contributed by atoms with Crippen molar-refractivity contribution in [1.82, 2.24) is 14.5 Å². The van der Waals surface area contributed by atoms with Crippen LogP contribution in [0.4, 0.5) is 5.69 Å². The monoisotopic (exact) mass is 590 g/mol. The second-order valence-electron chi connectivity index (χ2n) is 11.2. The van der Waals surface area contributed by atoms with E-state index in [0.717, 1.165) is 57.4 Å². The number of amides is 2. The van der Waals surface area contributed by atoms with Gasteiger partial charge in [-0.3, -0.25) is 9.59 Å². The predicted molar refractivity (Wildman–Crippen MR) is 167 cm³/mol. The third-order valence-electron chi connectivity index (χ3n) is 7.72. The van der Waals surface area contributed by atoms with Crippen molar-refractivity contribution in [2.24, 2.45) is 0 Å². The molecule has 0 radical (unpaired) electrons. The Labute approximate surface area is 250 Å². The maximum Gasteiger partial charge on any atom is 0.304 e. The van der Waals surface area contributed by atoms with Crippen molar-refractivity contribution < 1.29 is 18.0 Å². The molecule has 1 atom stereocenters. The molecule has 0 unspecified atom stereocenters. The first kappa shape index (κ1) is 31.3. The van der Waals surface area contributed by atoms with Crippen molar-refractivity contribution in [3.8, 4) is 0 Å². The van der Waals surface area contributed by atoms with Crippen molar-refractivity contribution in [2.45, 2.75) is 64.1 Å². The Morgan fingerprint density at radius 3 is 2.10 bits per heavy atom. The van der Waals surface area contributed by atoms with E-state index in [-0.39, 0.29) is 18.5 Å². The Morgan fingerprint density at radius 1 is 0.857 bits per heavy atom. The van der Waals surface area contributed by atoms with Crippen LogP contribution in [0.15, 0.2) is 84.9 Å². The number of nitrogens with zero attached hydrogens (tertiary/aromatic N) is 3. The summed E-state index contributed by atoms with van der Waals surface area (Å²) in [6.45, 7) is 1.70. The zero-order valence-electron chi connectivity index (χ0n) is 24.8. The number of anilines is 1. The molecule has 0 aliphatic heterocycles. The standard InChI is InChI=1S/C33H42N4O4S/c1-26-14-13-17-28(22-26)24-36(32(38)25-37(42(40,41)35(2)3)30-20-11-6-12-21-30)31(23-27-15-7-4-8-16-27)33(39)34-29-18-9-5-10-19-29/h4,6-8,11-17,20-22,29,31H,5,9-10,18-19,23-25H2,1-3H3,(H,34,39)/t31-/m0/s1. The molecule has 2 amide bonds. The average molecular weight is 591 g/mol. The summed E-state index contributed by atoms with van der Waals surface area (Å²) in [5.41, 5.74) is 3.20. The molecule has 8 nitrogen and oxygen atoms in total. The summed E-state index contributed by atoms with van der Waals surface area (Å²) in [6.07, 6.45) is 5.43. The molecule has 0 bridgehead atoms. The van der Waals surface area contributed by atoms with Gasteiger partial charge in [0.1, 0.15) is 12.6 Å². The lowest BCUT2D eigenvalue weighted by Crippen LogP contribution is -2.55. The Hall–Kier alpha value is -3.69. The molecule has 0 saturated heterocycles. The van der Waals surface area contributed by atoms with Gasteiger partial charge < -0.3 is 10.2 Å². The highest BCUT2D eigenvalue weighted by Crippen LogP contribution is 2.23. The number of aryl methyl sites for hydroxylation is 1. The van der Waals surface area contributed by atoms with Crippen LogP contribution >= 0.6 is 0 Å². The second-order valence-corrected chi connectivity index (χ2v) is 13.3. The van der Waals surface area contributed by atoms with E-state index >= 15 is 0 Å². The van der Waals surface area contributed by atoms with Crippen LogP contribution in [0.3, 0.4) is 0 Å². The van der Waals surface area contributed by atoms with Crippen molar-refractivity contribution in [3.05, 3.63) is 102 Å². The van der Waals surface area contributed by atoms with Crippen molar-refractivity contribution >= 4 is 27.7 Å². The summed E-state index contributed by atoms with van der Waals surface area (Å²) >= 11 is 0. The van der Waals surface area contributed by atoms with Crippen LogP contribution in [0, 0.1) is 6.92 Å². The van der Waals surface area contributed by atoms with Gasteiger partial charge in [-0.1, -0.05) is 97.6 Å². The lowest BCUT2D eigenvalue weighted by Gasteiger charge is -2.35. The summed E-state index contributed by atoms with van der Waals surface area (Å²) in [7, 11) is -1.13. The molecule has 1 aliphatic rings. The quantitative estimate of drug-likeness (QED) is 0.331. The average Bonchev–Trinajstić information content (AvgIpc) is 2.99. The maximum absolute atomic E-state index is 14.3. The minimum atomic E-state index is -4.01. The van der Waals surface area contributed by atoms with Gasteiger partial charge in [-0.2, -0.15) is 12.7 Å². The van der Waals surface area contributed by atoms with Crippen LogP contribution in [-0.2, 0) is 32.8 Å². The summed E-state index contributed by atoms with van der Waals surface area (Å²) in [6, 6.07) is 25.3. The highest BCUT2D eigenvalue weighted by molar-refractivity contribution is 7.90. The minimum Gasteiger partial charge on any atom is -0.352 e. The van der Waals surface area contributed by atoms with E-state index in [2.05, 4.69) is 5.32 Å². The topological polar surface area (TPSA) is 90.0 Å². The largest absolute Gasteiger partial charge is 0.352 e. The normalized spacial score (nSPS) is 14.8. The van der Waals surface area contributed by atoms with Crippen LogP contribution in [-0.4, -0.2) is 62.2 Å². The number of carbonyl (C=O) groups is 2. The smallest absolute Gasteiger partial charge is 0.304 e. The van der Waals surface area contributed by atoms with Gasteiger partial charge in [0, 0.05) is 33.1 Å². The highest BCUT2D eigenvalue weighted by Gasteiger charge is 2.35. The van der Waals surface area contributed by atoms with E-state index < -0.39 is 28.7 Å². The molecule has 0 aromatic heterocycles.